The van der Waals surface area contributed by atoms with Crippen LogP contribution in [0.5, 0.6) is 0 Å². The zero-order valence-electron chi connectivity index (χ0n) is 9.69. The van der Waals surface area contributed by atoms with Crippen LogP contribution in [0.3, 0.4) is 0 Å². The minimum absolute atomic E-state index is 0.141. The minimum atomic E-state index is -0.357. The van der Waals surface area contributed by atoms with Gasteiger partial charge in [-0.15, -0.1) is 0 Å². The molecule has 2 aliphatic carbocycles. The number of benzene rings is 1. The minimum Gasteiger partial charge on any atom is -0.321 e. The van der Waals surface area contributed by atoms with Gasteiger partial charge in [0.2, 0.25) is 0 Å². The van der Waals surface area contributed by atoms with Crippen LogP contribution in [0, 0.1) is 15.5 Å². The summed E-state index contributed by atoms with van der Waals surface area (Å²) in [5, 5.41) is 10.7. The van der Waals surface area contributed by atoms with Gasteiger partial charge < -0.3 is 5.73 Å². The number of non-ortho nitro benzene ring substituents is 1. The fourth-order valence-electron chi connectivity index (χ4n) is 3.45. The van der Waals surface area contributed by atoms with E-state index < -0.39 is 0 Å². The Balaban J connectivity index is 1.85. The maximum atomic E-state index is 10.7. The van der Waals surface area contributed by atoms with Gasteiger partial charge in [-0.05, 0) is 36.7 Å². The highest BCUT2D eigenvalue weighted by Crippen LogP contribution is 2.62. The molecule has 17 heavy (non-hydrogen) atoms. The summed E-state index contributed by atoms with van der Waals surface area (Å²) in [7, 11) is 0. The molecule has 0 atom stereocenters. The summed E-state index contributed by atoms with van der Waals surface area (Å²) in [5.74, 6) is 0. The Labute approximate surface area is 100.0 Å². The van der Waals surface area contributed by atoms with E-state index in [1.165, 1.54) is 25.3 Å². The monoisotopic (exact) mass is 232 g/mol. The topological polar surface area (TPSA) is 69.2 Å². The van der Waals surface area contributed by atoms with Crippen LogP contribution in [0.1, 0.15) is 37.7 Å². The third-order valence-electron chi connectivity index (χ3n) is 4.43. The van der Waals surface area contributed by atoms with Crippen LogP contribution in [0.2, 0.25) is 0 Å². The molecular formula is C13H16N2O2. The molecule has 2 aliphatic rings. The molecule has 0 radical (unpaired) electrons. The Morgan fingerprint density at radius 1 is 1.29 bits per heavy atom. The molecule has 1 aromatic rings. The van der Waals surface area contributed by atoms with Crippen molar-refractivity contribution in [2.45, 2.75) is 37.6 Å². The lowest BCUT2D eigenvalue weighted by Gasteiger charge is -2.60. The highest BCUT2D eigenvalue weighted by Gasteiger charge is 2.55. The predicted octanol–water partition coefficient (Wildman–Crippen LogP) is 2.71. The molecule has 1 spiro atoms. The molecule has 2 N–H and O–H groups in total. The van der Waals surface area contributed by atoms with Gasteiger partial charge in [-0.25, -0.2) is 0 Å². The lowest BCUT2D eigenvalue weighted by atomic mass is 9.47. The number of hydrogen-bond donors (Lipinski definition) is 1. The lowest BCUT2D eigenvalue weighted by Crippen LogP contribution is -2.58. The molecule has 0 amide bonds. The molecular weight excluding hydrogens is 216 g/mol. The summed E-state index contributed by atoms with van der Waals surface area (Å²) in [6, 6.07) is 6.79. The van der Waals surface area contributed by atoms with Gasteiger partial charge in [-0.3, -0.25) is 10.1 Å². The second kappa shape index (κ2) is 3.29. The van der Waals surface area contributed by atoms with Gasteiger partial charge >= 0.3 is 0 Å². The number of hydrogen-bond acceptors (Lipinski definition) is 3. The maximum absolute atomic E-state index is 10.7. The molecule has 90 valence electrons. The maximum Gasteiger partial charge on any atom is 0.269 e. The molecule has 0 bridgehead atoms. The third-order valence-corrected chi connectivity index (χ3v) is 4.43. The summed E-state index contributed by atoms with van der Waals surface area (Å²) in [4.78, 5) is 10.4. The highest BCUT2D eigenvalue weighted by molar-refractivity contribution is 5.40. The molecule has 0 aliphatic heterocycles. The molecule has 0 unspecified atom stereocenters. The van der Waals surface area contributed by atoms with Gasteiger partial charge in [0.25, 0.3) is 5.69 Å². The van der Waals surface area contributed by atoms with Crippen molar-refractivity contribution in [3.05, 3.63) is 39.9 Å². The molecule has 1 aromatic carbocycles. The SMILES string of the molecule is NC1(c2cccc([N+](=O)[O-])c2)CC2(CCC2)C1. The van der Waals surface area contributed by atoms with Gasteiger partial charge in [0, 0.05) is 17.7 Å². The van der Waals surface area contributed by atoms with Crippen LogP contribution in [0.15, 0.2) is 24.3 Å². The fraction of sp³-hybridized carbons (Fsp3) is 0.538. The smallest absolute Gasteiger partial charge is 0.269 e. The van der Waals surface area contributed by atoms with E-state index in [9.17, 15) is 10.1 Å². The fourth-order valence-corrected chi connectivity index (χ4v) is 3.45. The van der Waals surface area contributed by atoms with Gasteiger partial charge in [0.15, 0.2) is 0 Å². The molecule has 0 aromatic heterocycles. The van der Waals surface area contributed by atoms with E-state index in [4.69, 9.17) is 5.73 Å². The average molecular weight is 232 g/mol. The van der Waals surface area contributed by atoms with Crippen LogP contribution in [0.25, 0.3) is 0 Å². The first-order valence-electron chi connectivity index (χ1n) is 6.07. The van der Waals surface area contributed by atoms with E-state index in [0.717, 1.165) is 18.4 Å². The third kappa shape index (κ3) is 1.55. The van der Waals surface area contributed by atoms with Crippen LogP contribution in [0.4, 0.5) is 5.69 Å². The van der Waals surface area contributed by atoms with Crippen molar-refractivity contribution >= 4 is 5.69 Å². The van der Waals surface area contributed by atoms with Gasteiger partial charge in [-0.2, -0.15) is 0 Å². The van der Waals surface area contributed by atoms with Gasteiger partial charge in [0.1, 0.15) is 0 Å². The summed E-state index contributed by atoms with van der Waals surface area (Å²) in [5.41, 5.74) is 7.56. The molecule has 0 heterocycles. The van der Waals surface area contributed by atoms with Crippen LogP contribution >= 0.6 is 0 Å². The van der Waals surface area contributed by atoms with Crippen molar-refractivity contribution < 1.29 is 4.92 Å². The first-order chi connectivity index (χ1) is 8.03. The largest absolute Gasteiger partial charge is 0.321 e. The first-order valence-corrected chi connectivity index (χ1v) is 6.07. The van der Waals surface area contributed by atoms with E-state index in [2.05, 4.69) is 0 Å². The van der Waals surface area contributed by atoms with Crippen molar-refractivity contribution in [1.29, 1.82) is 0 Å². The molecule has 2 saturated carbocycles. The van der Waals surface area contributed by atoms with Crippen LogP contribution in [-0.2, 0) is 5.54 Å². The number of nitro benzene ring substituents is 1. The van der Waals surface area contributed by atoms with Gasteiger partial charge in [-0.1, -0.05) is 18.6 Å². The Hall–Kier alpha value is -1.42. The summed E-state index contributed by atoms with van der Waals surface area (Å²) >= 11 is 0. The molecule has 2 fully saturated rings. The van der Waals surface area contributed by atoms with Gasteiger partial charge in [0.05, 0.1) is 4.92 Å². The van der Waals surface area contributed by atoms with E-state index in [0.29, 0.717) is 5.41 Å². The van der Waals surface area contributed by atoms with Crippen LogP contribution < -0.4 is 5.73 Å². The van der Waals surface area contributed by atoms with Crippen molar-refractivity contribution in [3.63, 3.8) is 0 Å². The van der Waals surface area contributed by atoms with Crippen LogP contribution in [-0.4, -0.2) is 4.92 Å². The Morgan fingerprint density at radius 2 is 2.00 bits per heavy atom. The molecule has 4 heteroatoms. The zero-order chi connectivity index (χ0) is 12.1. The van der Waals surface area contributed by atoms with Crippen molar-refractivity contribution in [3.8, 4) is 0 Å². The summed E-state index contributed by atoms with van der Waals surface area (Å²) < 4.78 is 0. The molecule has 4 nitrogen and oxygen atoms in total. The van der Waals surface area contributed by atoms with Crippen molar-refractivity contribution in [2.75, 3.05) is 0 Å². The second-order valence-electron chi connectivity index (χ2n) is 5.67. The molecule has 3 rings (SSSR count). The number of nitrogens with two attached hydrogens (primary N) is 1. The van der Waals surface area contributed by atoms with E-state index >= 15 is 0 Å². The summed E-state index contributed by atoms with van der Waals surface area (Å²) in [6.07, 6.45) is 5.84. The van der Waals surface area contributed by atoms with Crippen molar-refractivity contribution in [1.82, 2.24) is 0 Å². The lowest BCUT2D eigenvalue weighted by molar-refractivity contribution is -0.385. The first kappa shape index (κ1) is 10.7. The summed E-state index contributed by atoms with van der Waals surface area (Å²) in [6.45, 7) is 0. The van der Waals surface area contributed by atoms with E-state index in [1.807, 2.05) is 6.07 Å². The number of rotatable bonds is 2. The zero-order valence-corrected chi connectivity index (χ0v) is 9.69. The highest BCUT2D eigenvalue weighted by atomic mass is 16.6. The predicted molar refractivity (Wildman–Crippen MR) is 64.5 cm³/mol. The number of nitro groups is 1. The number of nitrogens with zero attached hydrogens (tertiary/aromatic N) is 1. The van der Waals surface area contributed by atoms with E-state index in [1.54, 1.807) is 12.1 Å². The normalized spacial score (nSPS) is 23.8. The standard InChI is InChI=1S/C13H16N2O2/c14-13(8-12(9-13)5-2-6-12)10-3-1-4-11(7-10)15(16)17/h1,3-4,7H,2,5-6,8-9,14H2. The van der Waals surface area contributed by atoms with Crippen molar-refractivity contribution in [2.24, 2.45) is 11.1 Å². The average Bonchev–Trinajstić information content (AvgIpc) is 2.22. The molecule has 0 saturated heterocycles. The Morgan fingerprint density at radius 3 is 2.53 bits per heavy atom. The Kier molecular flexibility index (Phi) is 2.08. The quantitative estimate of drug-likeness (QED) is 0.629. The van der Waals surface area contributed by atoms with E-state index in [-0.39, 0.29) is 16.1 Å². The second-order valence-corrected chi connectivity index (χ2v) is 5.67. The Bertz CT molecular complexity index is 472.